The summed E-state index contributed by atoms with van der Waals surface area (Å²) in [5, 5.41) is 0. The van der Waals surface area contributed by atoms with Crippen molar-refractivity contribution in [2.24, 2.45) is 0 Å². The van der Waals surface area contributed by atoms with Crippen LogP contribution in [0.2, 0.25) is 0 Å². The highest BCUT2D eigenvalue weighted by atomic mass is 15.2. The Morgan fingerprint density at radius 1 is 1.24 bits per heavy atom. The summed E-state index contributed by atoms with van der Waals surface area (Å²) in [7, 11) is 4.11. The number of hydrogen-bond acceptors (Lipinski definition) is 4. The van der Waals surface area contributed by atoms with Gasteiger partial charge in [-0.1, -0.05) is 6.92 Å². The Balaban J connectivity index is 2.21. The number of anilines is 1. The second-order valence-electron chi connectivity index (χ2n) is 4.86. The predicted octanol–water partition coefficient (Wildman–Crippen LogP) is 1.35. The number of aromatic nitrogens is 2. The number of fused-ring (bicyclic) bond motifs is 1. The topological polar surface area (TPSA) is 32.3 Å². The maximum atomic E-state index is 4.45. The lowest BCUT2D eigenvalue weighted by Crippen LogP contribution is -2.27. The predicted molar refractivity (Wildman–Crippen MR) is 70.5 cm³/mol. The van der Waals surface area contributed by atoms with Gasteiger partial charge in [0.2, 0.25) is 0 Å². The highest BCUT2D eigenvalue weighted by Gasteiger charge is 2.18. The maximum absolute atomic E-state index is 4.45. The third-order valence-electron chi connectivity index (χ3n) is 3.32. The van der Waals surface area contributed by atoms with Crippen LogP contribution < -0.4 is 4.90 Å². The molecule has 0 saturated heterocycles. The minimum Gasteiger partial charge on any atom is -0.362 e. The van der Waals surface area contributed by atoms with Gasteiger partial charge in [0.15, 0.2) is 0 Å². The molecule has 2 heterocycles. The normalized spacial score (nSPS) is 16.4. The fourth-order valence-corrected chi connectivity index (χ4v) is 2.48. The smallest absolute Gasteiger partial charge is 0.134 e. The first-order valence-electron chi connectivity index (χ1n) is 6.44. The quantitative estimate of drug-likeness (QED) is 0.790. The minimum atomic E-state index is 1.05. The van der Waals surface area contributed by atoms with E-state index in [1.807, 2.05) is 0 Å². The van der Waals surface area contributed by atoms with Crippen molar-refractivity contribution in [1.29, 1.82) is 0 Å². The standard InChI is InChI=1S/C13H22N4/c1-4-7-17-8-5-11-12(6-9-17)14-10-15-13(11)16(2)3/h10H,4-9H2,1-3H3. The third kappa shape index (κ3) is 2.75. The van der Waals surface area contributed by atoms with Gasteiger partial charge in [-0.15, -0.1) is 0 Å². The second-order valence-corrected chi connectivity index (χ2v) is 4.86. The molecule has 0 bridgehead atoms. The van der Waals surface area contributed by atoms with E-state index in [2.05, 4.69) is 40.8 Å². The average molecular weight is 234 g/mol. The van der Waals surface area contributed by atoms with E-state index in [-0.39, 0.29) is 0 Å². The lowest BCUT2D eigenvalue weighted by atomic mass is 10.1. The van der Waals surface area contributed by atoms with Gasteiger partial charge in [0.1, 0.15) is 12.1 Å². The molecule has 0 radical (unpaired) electrons. The lowest BCUT2D eigenvalue weighted by Gasteiger charge is -2.18. The summed E-state index contributed by atoms with van der Waals surface area (Å²) >= 11 is 0. The molecular formula is C13H22N4. The van der Waals surface area contributed by atoms with Crippen molar-refractivity contribution in [2.45, 2.75) is 26.2 Å². The summed E-state index contributed by atoms with van der Waals surface area (Å²) in [5.74, 6) is 1.09. The van der Waals surface area contributed by atoms with Gasteiger partial charge >= 0.3 is 0 Å². The van der Waals surface area contributed by atoms with E-state index < -0.39 is 0 Å². The molecule has 1 aliphatic heterocycles. The van der Waals surface area contributed by atoms with E-state index in [0.717, 1.165) is 31.7 Å². The van der Waals surface area contributed by atoms with Gasteiger partial charge in [-0.05, 0) is 19.4 Å². The molecule has 0 N–H and O–H groups in total. The SMILES string of the molecule is CCCN1CCc2ncnc(N(C)C)c2CC1. The summed E-state index contributed by atoms with van der Waals surface area (Å²) < 4.78 is 0. The van der Waals surface area contributed by atoms with Crippen molar-refractivity contribution >= 4 is 5.82 Å². The molecule has 0 amide bonds. The van der Waals surface area contributed by atoms with Gasteiger partial charge in [0, 0.05) is 39.2 Å². The minimum absolute atomic E-state index is 1.05. The maximum Gasteiger partial charge on any atom is 0.134 e. The molecule has 0 spiro atoms. The van der Waals surface area contributed by atoms with Crippen LogP contribution in [-0.2, 0) is 12.8 Å². The van der Waals surface area contributed by atoms with Crippen LogP contribution in [0, 0.1) is 0 Å². The first-order valence-corrected chi connectivity index (χ1v) is 6.44. The molecule has 94 valence electrons. The highest BCUT2D eigenvalue weighted by molar-refractivity contribution is 5.47. The van der Waals surface area contributed by atoms with Gasteiger partial charge in [-0.3, -0.25) is 0 Å². The largest absolute Gasteiger partial charge is 0.362 e. The van der Waals surface area contributed by atoms with Crippen LogP contribution in [0.3, 0.4) is 0 Å². The molecule has 0 atom stereocenters. The fourth-order valence-electron chi connectivity index (χ4n) is 2.48. The highest BCUT2D eigenvalue weighted by Crippen LogP contribution is 2.21. The summed E-state index contributed by atoms with van der Waals surface area (Å²) in [4.78, 5) is 13.5. The van der Waals surface area contributed by atoms with Crippen molar-refractivity contribution in [2.75, 3.05) is 38.6 Å². The molecule has 0 aliphatic carbocycles. The van der Waals surface area contributed by atoms with E-state index in [1.54, 1.807) is 6.33 Å². The van der Waals surface area contributed by atoms with Crippen molar-refractivity contribution in [3.8, 4) is 0 Å². The van der Waals surface area contributed by atoms with Gasteiger partial charge in [0.25, 0.3) is 0 Å². The second kappa shape index (κ2) is 5.45. The van der Waals surface area contributed by atoms with Gasteiger partial charge in [-0.25, -0.2) is 9.97 Å². The van der Waals surface area contributed by atoms with Crippen molar-refractivity contribution < 1.29 is 0 Å². The molecule has 0 aromatic carbocycles. The van der Waals surface area contributed by atoms with E-state index in [1.165, 1.54) is 24.2 Å². The van der Waals surface area contributed by atoms with Crippen molar-refractivity contribution in [3.63, 3.8) is 0 Å². The Morgan fingerprint density at radius 2 is 2.00 bits per heavy atom. The van der Waals surface area contributed by atoms with Gasteiger partial charge in [-0.2, -0.15) is 0 Å². The average Bonchev–Trinajstić information content (AvgIpc) is 2.52. The Kier molecular flexibility index (Phi) is 3.94. The van der Waals surface area contributed by atoms with E-state index in [4.69, 9.17) is 0 Å². The first-order chi connectivity index (χ1) is 8.22. The summed E-state index contributed by atoms with van der Waals surface area (Å²) in [5.41, 5.74) is 2.58. The van der Waals surface area contributed by atoms with Gasteiger partial charge in [0.05, 0.1) is 5.69 Å². The van der Waals surface area contributed by atoms with Crippen LogP contribution in [0.1, 0.15) is 24.6 Å². The Morgan fingerprint density at radius 3 is 2.71 bits per heavy atom. The molecular weight excluding hydrogens is 212 g/mol. The van der Waals surface area contributed by atoms with E-state index in [9.17, 15) is 0 Å². The zero-order valence-electron chi connectivity index (χ0n) is 11.1. The molecule has 0 fully saturated rings. The number of rotatable bonds is 3. The molecule has 0 saturated carbocycles. The lowest BCUT2D eigenvalue weighted by molar-refractivity contribution is 0.288. The summed E-state index contributed by atoms with van der Waals surface area (Å²) in [6.45, 7) is 5.70. The van der Waals surface area contributed by atoms with Crippen LogP contribution in [0.15, 0.2) is 6.33 Å². The third-order valence-corrected chi connectivity index (χ3v) is 3.32. The zero-order chi connectivity index (χ0) is 12.3. The molecule has 4 nitrogen and oxygen atoms in total. The summed E-state index contributed by atoms with van der Waals surface area (Å²) in [6, 6.07) is 0. The van der Waals surface area contributed by atoms with Gasteiger partial charge < -0.3 is 9.80 Å². The Hall–Kier alpha value is -1.16. The van der Waals surface area contributed by atoms with Crippen LogP contribution in [0.25, 0.3) is 0 Å². The van der Waals surface area contributed by atoms with Crippen molar-refractivity contribution in [1.82, 2.24) is 14.9 Å². The first kappa shape index (κ1) is 12.3. The Bertz CT molecular complexity index is 376. The van der Waals surface area contributed by atoms with E-state index >= 15 is 0 Å². The fraction of sp³-hybridized carbons (Fsp3) is 0.692. The molecule has 17 heavy (non-hydrogen) atoms. The summed E-state index contributed by atoms with van der Waals surface area (Å²) in [6.07, 6.45) is 5.05. The van der Waals surface area contributed by atoms with Crippen LogP contribution >= 0.6 is 0 Å². The monoisotopic (exact) mass is 234 g/mol. The van der Waals surface area contributed by atoms with Crippen LogP contribution in [-0.4, -0.2) is 48.6 Å². The molecule has 2 rings (SSSR count). The molecule has 1 aromatic heterocycles. The Labute approximate surface area is 104 Å². The molecule has 1 aromatic rings. The van der Waals surface area contributed by atoms with Crippen LogP contribution in [0.5, 0.6) is 0 Å². The van der Waals surface area contributed by atoms with Crippen LogP contribution in [0.4, 0.5) is 5.82 Å². The number of hydrogen-bond donors (Lipinski definition) is 0. The van der Waals surface area contributed by atoms with Crippen molar-refractivity contribution in [3.05, 3.63) is 17.6 Å². The number of nitrogens with zero attached hydrogens (tertiary/aromatic N) is 4. The molecule has 4 heteroatoms. The van der Waals surface area contributed by atoms with E-state index in [0.29, 0.717) is 0 Å². The molecule has 0 unspecified atom stereocenters. The molecule has 1 aliphatic rings. The zero-order valence-corrected chi connectivity index (χ0v) is 11.1.